The summed E-state index contributed by atoms with van der Waals surface area (Å²) in [5.41, 5.74) is 2.27. The second-order valence-corrected chi connectivity index (χ2v) is 6.90. The van der Waals surface area contributed by atoms with E-state index < -0.39 is 0 Å². The van der Waals surface area contributed by atoms with Gasteiger partial charge in [-0.3, -0.25) is 4.99 Å². The van der Waals surface area contributed by atoms with E-state index in [1.54, 1.807) is 14.2 Å². The number of hydrogen-bond acceptors (Lipinski definition) is 4. The molecule has 2 rings (SSSR count). The zero-order chi connectivity index (χ0) is 19.5. The fraction of sp³-hybridized carbons (Fsp3) is 0.450. The molecule has 1 aromatic carbocycles. The third kappa shape index (κ3) is 8.83. The van der Waals surface area contributed by atoms with Crippen molar-refractivity contribution in [3.63, 3.8) is 0 Å². The molecular weight excluding hydrogens is 537 g/mol. The minimum atomic E-state index is 0. The summed E-state index contributed by atoms with van der Waals surface area (Å²) < 4.78 is 17.3. The second kappa shape index (κ2) is 13.8. The summed E-state index contributed by atoms with van der Waals surface area (Å²) in [6, 6.07) is 10.1. The third-order valence-corrected chi connectivity index (χ3v) is 4.36. The van der Waals surface area contributed by atoms with Gasteiger partial charge in [0.2, 0.25) is 0 Å². The van der Waals surface area contributed by atoms with Crippen LogP contribution in [-0.4, -0.2) is 39.9 Å². The zero-order valence-electron chi connectivity index (χ0n) is 16.6. The number of nitrogens with zero attached hydrogens (tertiary/aromatic N) is 1. The van der Waals surface area contributed by atoms with Gasteiger partial charge in [0.1, 0.15) is 11.5 Å². The van der Waals surface area contributed by atoms with E-state index in [9.17, 15) is 0 Å². The number of nitrogens with one attached hydrogen (secondary N) is 2. The molecule has 0 aliphatic carbocycles. The number of furan rings is 1. The van der Waals surface area contributed by atoms with Crippen LogP contribution in [0.2, 0.25) is 0 Å². The quantitative estimate of drug-likeness (QED) is 0.195. The highest BCUT2D eigenvalue weighted by Gasteiger charge is 2.06. The van der Waals surface area contributed by atoms with Gasteiger partial charge in [-0.1, -0.05) is 12.1 Å². The van der Waals surface area contributed by atoms with E-state index in [0.717, 1.165) is 47.1 Å². The number of halogens is 2. The van der Waals surface area contributed by atoms with Crippen LogP contribution in [0.3, 0.4) is 0 Å². The zero-order valence-corrected chi connectivity index (χ0v) is 20.5. The van der Waals surface area contributed by atoms with E-state index in [-0.39, 0.29) is 24.0 Å². The summed E-state index contributed by atoms with van der Waals surface area (Å²) in [5.74, 6) is 2.57. The van der Waals surface area contributed by atoms with Crippen molar-refractivity contribution < 1.29 is 13.9 Å². The van der Waals surface area contributed by atoms with E-state index in [1.807, 2.05) is 12.1 Å². The first-order valence-corrected chi connectivity index (χ1v) is 9.81. The highest BCUT2D eigenvalue weighted by molar-refractivity contribution is 14.0. The molecule has 0 fully saturated rings. The van der Waals surface area contributed by atoms with Crippen molar-refractivity contribution in [2.24, 2.45) is 4.99 Å². The molecule has 28 heavy (non-hydrogen) atoms. The van der Waals surface area contributed by atoms with Gasteiger partial charge in [-0.15, -0.1) is 24.0 Å². The Hall–Kier alpha value is -1.26. The van der Waals surface area contributed by atoms with Crippen molar-refractivity contribution in [2.75, 3.05) is 33.9 Å². The Bertz CT molecular complexity index is 737. The molecular formula is C20H29BrIN3O3. The van der Waals surface area contributed by atoms with Crippen LogP contribution in [0.25, 0.3) is 0 Å². The Morgan fingerprint density at radius 2 is 2.00 bits per heavy atom. The lowest BCUT2D eigenvalue weighted by Crippen LogP contribution is -2.37. The highest BCUT2D eigenvalue weighted by atomic mass is 127. The molecule has 0 saturated heterocycles. The Morgan fingerprint density at radius 1 is 1.18 bits per heavy atom. The van der Waals surface area contributed by atoms with Crippen LogP contribution in [0.5, 0.6) is 5.75 Å². The van der Waals surface area contributed by atoms with Crippen LogP contribution in [0.1, 0.15) is 23.3 Å². The number of hydrogen-bond donors (Lipinski definition) is 2. The Morgan fingerprint density at radius 3 is 2.68 bits per heavy atom. The van der Waals surface area contributed by atoms with Crippen LogP contribution in [-0.2, 0) is 17.7 Å². The minimum absolute atomic E-state index is 0. The standard InChI is InChI=1S/C20H28BrN3O3.HI/c1-15-5-6-16(18(13-15)26-12-4-11-25-3)14-24-20(22-2)23-10-9-17-7-8-19(21)27-17;/h5-8,13H,4,9-12,14H2,1-3H3,(H2,22,23,24);1H. The lowest BCUT2D eigenvalue weighted by atomic mass is 10.1. The molecule has 8 heteroatoms. The van der Waals surface area contributed by atoms with Crippen molar-refractivity contribution in [1.82, 2.24) is 10.6 Å². The van der Waals surface area contributed by atoms with Gasteiger partial charge in [0, 0.05) is 52.3 Å². The first-order chi connectivity index (χ1) is 13.1. The average Bonchev–Trinajstić information content (AvgIpc) is 3.08. The number of methoxy groups -OCH3 is 1. The molecule has 0 aliphatic rings. The summed E-state index contributed by atoms with van der Waals surface area (Å²) >= 11 is 3.31. The number of rotatable bonds is 10. The fourth-order valence-electron chi connectivity index (χ4n) is 2.52. The normalized spacial score (nSPS) is 11.1. The first kappa shape index (κ1) is 24.8. The molecule has 0 radical (unpaired) electrons. The van der Waals surface area contributed by atoms with Gasteiger partial charge in [-0.05, 0) is 46.6 Å². The van der Waals surface area contributed by atoms with Gasteiger partial charge in [-0.2, -0.15) is 0 Å². The summed E-state index contributed by atoms with van der Waals surface area (Å²) in [7, 11) is 3.46. The molecule has 6 nitrogen and oxygen atoms in total. The van der Waals surface area contributed by atoms with Gasteiger partial charge in [0.05, 0.1) is 6.61 Å². The Balaban J connectivity index is 0.00000392. The number of guanidine groups is 1. The maximum Gasteiger partial charge on any atom is 0.191 e. The molecule has 0 spiro atoms. The molecule has 0 saturated carbocycles. The molecule has 156 valence electrons. The van der Waals surface area contributed by atoms with Crippen LogP contribution < -0.4 is 15.4 Å². The van der Waals surface area contributed by atoms with Crippen molar-refractivity contribution in [1.29, 1.82) is 0 Å². The molecule has 0 atom stereocenters. The van der Waals surface area contributed by atoms with E-state index in [0.29, 0.717) is 19.8 Å². The summed E-state index contributed by atoms with van der Waals surface area (Å²) in [6.45, 7) is 4.75. The average molecular weight is 566 g/mol. The highest BCUT2D eigenvalue weighted by Crippen LogP contribution is 2.20. The molecule has 0 aliphatic heterocycles. The SMILES string of the molecule is CN=C(NCCc1ccc(Br)o1)NCc1ccc(C)cc1OCCCOC.I. The van der Waals surface area contributed by atoms with Gasteiger partial charge in [0.15, 0.2) is 10.6 Å². The third-order valence-electron chi connectivity index (χ3n) is 3.94. The monoisotopic (exact) mass is 565 g/mol. The van der Waals surface area contributed by atoms with Crippen LogP contribution in [0.15, 0.2) is 44.4 Å². The predicted molar refractivity (Wildman–Crippen MR) is 127 cm³/mol. The van der Waals surface area contributed by atoms with Crippen LogP contribution in [0, 0.1) is 6.92 Å². The van der Waals surface area contributed by atoms with Crippen LogP contribution in [0.4, 0.5) is 0 Å². The topological polar surface area (TPSA) is 68.0 Å². The van der Waals surface area contributed by atoms with Crippen molar-refractivity contribution >= 4 is 45.9 Å². The molecule has 0 amide bonds. The molecule has 1 aromatic heterocycles. The molecule has 0 bridgehead atoms. The van der Waals surface area contributed by atoms with Gasteiger partial charge >= 0.3 is 0 Å². The van der Waals surface area contributed by atoms with Gasteiger partial charge < -0.3 is 24.5 Å². The Kier molecular flexibility index (Phi) is 12.2. The van der Waals surface area contributed by atoms with Crippen molar-refractivity contribution in [2.45, 2.75) is 26.3 Å². The lowest BCUT2D eigenvalue weighted by molar-refractivity contribution is 0.172. The first-order valence-electron chi connectivity index (χ1n) is 9.02. The van der Waals surface area contributed by atoms with Gasteiger partial charge in [-0.25, -0.2) is 0 Å². The number of ether oxygens (including phenoxy) is 2. The van der Waals surface area contributed by atoms with E-state index >= 15 is 0 Å². The van der Waals surface area contributed by atoms with E-state index in [2.05, 4.69) is 56.7 Å². The van der Waals surface area contributed by atoms with Crippen molar-refractivity contribution in [3.05, 3.63) is 51.9 Å². The van der Waals surface area contributed by atoms with Crippen LogP contribution >= 0.6 is 39.9 Å². The Labute approximate surface area is 192 Å². The van der Waals surface area contributed by atoms with Crippen molar-refractivity contribution in [3.8, 4) is 5.75 Å². The number of aliphatic imine (C=N–C) groups is 1. The maximum atomic E-state index is 5.93. The second-order valence-electron chi connectivity index (χ2n) is 6.11. The predicted octanol–water partition coefficient (Wildman–Crippen LogP) is 4.29. The fourth-order valence-corrected chi connectivity index (χ4v) is 2.86. The summed E-state index contributed by atoms with van der Waals surface area (Å²) in [5, 5.41) is 6.63. The molecule has 2 N–H and O–H groups in total. The smallest absolute Gasteiger partial charge is 0.191 e. The molecule has 2 aromatic rings. The van der Waals surface area contributed by atoms with E-state index in [1.165, 1.54) is 5.56 Å². The van der Waals surface area contributed by atoms with Gasteiger partial charge in [0.25, 0.3) is 0 Å². The lowest BCUT2D eigenvalue weighted by Gasteiger charge is -2.15. The molecule has 1 heterocycles. The number of aryl methyl sites for hydroxylation is 1. The van der Waals surface area contributed by atoms with E-state index in [4.69, 9.17) is 13.9 Å². The maximum absolute atomic E-state index is 5.93. The minimum Gasteiger partial charge on any atom is -0.493 e. The summed E-state index contributed by atoms with van der Waals surface area (Å²) in [4.78, 5) is 4.27. The largest absolute Gasteiger partial charge is 0.493 e. The summed E-state index contributed by atoms with van der Waals surface area (Å²) in [6.07, 6.45) is 1.65. The number of benzene rings is 1. The molecule has 0 unspecified atom stereocenters.